The van der Waals surface area contributed by atoms with Crippen LogP contribution in [0.3, 0.4) is 0 Å². The lowest BCUT2D eigenvalue weighted by atomic mass is 10.1. The normalized spacial score (nSPS) is 12.2. The molecule has 0 saturated heterocycles. The van der Waals surface area contributed by atoms with Gasteiger partial charge in [0, 0.05) is 10.7 Å². The largest absolute Gasteiger partial charge is 0.394 e. The van der Waals surface area contributed by atoms with Crippen molar-refractivity contribution >= 4 is 17.3 Å². The zero-order valence-electron chi connectivity index (χ0n) is 10.5. The molecule has 0 bridgehead atoms. The third-order valence-electron chi connectivity index (χ3n) is 2.94. The van der Waals surface area contributed by atoms with E-state index in [0.717, 1.165) is 11.3 Å². The number of para-hydroxylation sites is 1. The number of rotatable bonds is 4. The van der Waals surface area contributed by atoms with Gasteiger partial charge in [0.25, 0.3) is 0 Å². The van der Waals surface area contributed by atoms with E-state index in [0.29, 0.717) is 10.6 Å². The quantitative estimate of drug-likeness (QED) is 0.889. The Bertz CT molecular complexity index is 554. The Morgan fingerprint density at radius 3 is 2.63 bits per heavy atom. The summed E-state index contributed by atoms with van der Waals surface area (Å²) in [4.78, 5) is 0. The Balaban J connectivity index is 2.28. The summed E-state index contributed by atoms with van der Waals surface area (Å²) >= 11 is 5.84. The number of hydrogen-bond donors (Lipinski definition) is 2. The van der Waals surface area contributed by atoms with Crippen LogP contribution < -0.4 is 5.32 Å². The van der Waals surface area contributed by atoms with Crippen LogP contribution in [0.5, 0.6) is 0 Å². The monoisotopic (exact) mass is 279 g/mol. The highest BCUT2D eigenvalue weighted by atomic mass is 35.5. The first-order valence-electron chi connectivity index (χ1n) is 5.99. The summed E-state index contributed by atoms with van der Waals surface area (Å²) in [5.41, 5.74) is 2.58. The van der Waals surface area contributed by atoms with E-state index < -0.39 is 11.9 Å². The zero-order chi connectivity index (χ0) is 13.8. The average Bonchev–Trinajstić information content (AvgIpc) is 2.36. The van der Waals surface area contributed by atoms with Crippen molar-refractivity contribution in [3.05, 3.63) is 64.4 Å². The van der Waals surface area contributed by atoms with E-state index in [-0.39, 0.29) is 6.61 Å². The molecule has 0 heterocycles. The Hall–Kier alpha value is -1.58. The van der Waals surface area contributed by atoms with E-state index >= 15 is 0 Å². The van der Waals surface area contributed by atoms with E-state index in [2.05, 4.69) is 5.32 Å². The van der Waals surface area contributed by atoms with E-state index in [1.165, 1.54) is 12.1 Å². The second-order valence-electron chi connectivity index (χ2n) is 4.40. The SMILES string of the molecule is Cc1ccccc1NC(CO)c1cc(F)cc(Cl)c1. The average molecular weight is 280 g/mol. The lowest BCUT2D eigenvalue weighted by Gasteiger charge is -2.19. The van der Waals surface area contributed by atoms with Gasteiger partial charge in [0.05, 0.1) is 12.6 Å². The van der Waals surface area contributed by atoms with Crippen LogP contribution in [0, 0.1) is 12.7 Å². The fraction of sp³-hybridized carbons (Fsp3) is 0.200. The van der Waals surface area contributed by atoms with Gasteiger partial charge in [0.1, 0.15) is 5.82 Å². The third-order valence-corrected chi connectivity index (χ3v) is 3.16. The van der Waals surface area contributed by atoms with Crippen molar-refractivity contribution in [3.8, 4) is 0 Å². The van der Waals surface area contributed by atoms with Crippen LogP contribution in [0.4, 0.5) is 10.1 Å². The molecule has 2 N–H and O–H groups in total. The Labute approximate surface area is 116 Å². The Kier molecular flexibility index (Phi) is 4.40. The van der Waals surface area contributed by atoms with Crippen LogP contribution in [0.15, 0.2) is 42.5 Å². The van der Waals surface area contributed by atoms with Crippen LogP contribution in [0.2, 0.25) is 5.02 Å². The molecule has 0 saturated carbocycles. The lowest BCUT2D eigenvalue weighted by Crippen LogP contribution is -2.15. The van der Waals surface area contributed by atoms with Crippen LogP contribution >= 0.6 is 11.6 Å². The molecule has 100 valence electrons. The van der Waals surface area contributed by atoms with Crippen LogP contribution in [0.25, 0.3) is 0 Å². The van der Waals surface area contributed by atoms with Crippen molar-refractivity contribution in [2.24, 2.45) is 0 Å². The maximum atomic E-state index is 13.3. The predicted molar refractivity (Wildman–Crippen MR) is 76.0 cm³/mol. The standard InChI is InChI=1S/C15H15ClFNO/c1-10-4-2-3-5-14(10)18-15(9-19)11-6-12(16)8-13(17)7-11/h2-8,15,18-19H,9H2,1H3. The molecule has 0 aliphatic carbocycles. The summed E-state index contributed by atoms with van der Waals surface area (Å²) in [6.07, 6.45) is 0. The summed E-state index contributed by atoms with van der Waals surface area (Å²) in [5.74, 6) is -0.410. The van der Waals surface area contributed by atoms with Crippen LogP contribution in [-0.2, 0) is 0 Å². The Morgan fingerprint density at radius 2 is 2.00 bits per heavy atom. The lowest BCUT2D eigenvalue weighted by molar-refractivity contribution is 0.276. The first kappa shape index (κ1) is 13.8. The van der Waals surface area contributed by atoms with Crippen molar-refractivity contribution in [1.29, 1.82) is 0 Å². The van der Waals surface area contributed by atoms with Crippen molar-refractivity contribution in [1.82, 2.24) is 0 Å². The maximum Gasteiger partial charge on any atom is 0.125 e. The van der Waals surface area contributed by atoms with Crippen molar-refractivity contribution in [3.63, 3.8) is 0 Å². The number of halogens is 2. The first-order chi connectivity index (χ1) is 9.10. The highest BCUT2D eigenvalue weighted by Crippen LogP contribution is 2.24. The molecular weight excluding hydrogens is 265 g/mol. The van der Waals surface area contributed by atoms with Gasteiger partial charge in [-0.3, -0.25) is 0 Å². The topological polar surface area (TPSA) is 32.3 Å². The number of benzene rings is 2. The molecule has 2 rings (SSSR count). The van der Waals surface area contributed by atoms with Crippen LogP contribution in [0.1, 0.15) is 17.2 Å². The second kappa shape index (κ2) is 6.04. The third kappa shape index (κ3) is 3.46. The van der Waals surface area contributed by atoms with Crippen molar-refractivity contribution in [2.75, 3.05) is 11.9 Å². The van der Waals surface area contributed by atoms with Crippen molar-refractivity contribution < 1.29 is 9.50 Å². The summed E-state index contributed by atoms with van der Waals surface area (Å²) in [5, 5.41) is 13.0. The second-order valence-corrected chi connectivity index (χ2v) is 4.83. The summed E-state index contributed by atoms with van der Waals surface area (Å²) in [6.45, 7) is 1.82. The molecule has 1 unspecified atom stereocenters. The number of hydrogen-bond acceptors (Lipinski definition) is 2. The van der Waals surface area contributed by atoms with E-state index in [4.69, 9.17) is 11.6 Å². The van der Waals surface area contributed by atoms with Crippen molar-refractivity contribution in [2.45, 2.75) is 13.0 Å². The highest BCUT2D eigenvalue weighted by molar-refractivity contribution is 6.30. The minimum atomic E-state index is -0.410. The number of anilines is 1. The predicted octanol–water partition coefficient (Wildman–Crippen LogP) is 3.93. The zero-order valence-corrected chi connectivity index (χ0v) is 11.3. The molecule has 0 radical (unpaired) electrons. The Morgan fingerprint density at radius 1 is 1.26 bits per heavy atom. The molecule has 0 aliphatic rings. The van der Waals surface area contributed by atoms with Gasteiger partial charge in [0.15, 0.2) is 0 Å². The smallest absolute Gasteiger partial charge is 0.125 e. The molecular formula is C15H15ClFNO. The van der Waals surface area contributed by atoms with Crippen LogP contribution in [-0.4, -0.2) is 11.7 Å². The fourth-order valence-corrected chi connectivity index (χ4v) is 2.16. The molecule has 0 fully saturated rings. The van der Waals surface area contributed by atoms with E-state index in [1.807, 2.05) is 31.2 Å². The van der Waals surface area contributed by atoms with Gasteiger partial charge >= 0.3 is 0 Å². The van der Waals surface area contributed by atoms with Gasteiger partial charge < -0.3 is 10.4 Å². The number of aliphatic hydroxyl groups is 1. The molecule has 4 heteroatoms. The minimum Gasteiger partial charge on any atom is -0.394 e. The molecule has 2 aromatic rings. The summed E-state index contributed by atoms with van der Waals surface area (Å²) in [7, 11) is 0. The van der Waals surface area contributed by atoms with E-state index in [9.17, 15) is 9.50 Å². The summed E-state index contributed by atoms with van der Waals surface area (Å²) < 4.78 is 13.3. The molecule has 0 amide bonds. The number of aliphatic hydroxyl groups excluding tert-OH is 1. The molecule has 0 aromatic heterocycles. The molecule has 19 heavy (non-hydrogen) atoms. The van der Waals surface area contributed by atoms with Gasteiger partial charge in [0.2, 0.25) is 0 Å². The summed E-state index contributed by atoms with van der Waals surface area (Å²) in [6, 6.07) is 11.6. The van der Waals surface area contributed by atoms with Gasteiger partial charge in [-0.15, -0.1) is 0 Å². The first-order valence-corrected chi connectivity index (χ1v) is 6.37. The highest BCUT2D eigenvalue weighted by Gasteiger charge is 2.13. The molecule has 0 aliphatic heterocycles. The molecule has 0 spiro atoms. The molecule has 1 atom stereocenters. The van der Waals surface area contributed by atoms with Gasteiger partial charge in [-0.2, -0.15) is 0 Å². The molecule has 2 aromatic carbocycles. The number of aryl methyl sites for hydroxylation is 1. The maximum absolute atomic E-state index is 13.3. The number of nitrogens with one attached hydrogen (secondary N) is 1. The van der Waals surface area contributed by atoms with Gasteiger partial charge in [-0.05, 0) is 42.3 Å². The molecule has 2 nitrogen and oxygen atoms in total. The van der Waals surface area contributed by atoms with E-state index in [1.54, 1.807) is 6.07 Å². The fourth-order valence-electron chi connectivity index (χ4n) is 1.93. The van der Waals surface area contributed by atoms with Gasteiger partial charge in [-0.25, -0.2) is 4.39 Å². The minimum absolute atomic E-state index is 0.145. The van der Waals surface area contributed by atoms with Gasteiger partial charge in [-0.1, -0.05) is 29.8 Å².